The Labute approximate surface area is 101 Å². The first-order chi connectivity index (χ1) is 8.69. The summed E-state index contributed by atoms with van der Waals surface area (Å²) >= 11 is 0. The maximum Gasteiger partial charge on any atom is 0.387 e. The normalized spacial score (nSPS) is 10.4. The van der Waals surface area contributed by atoms with E-state index in [0.29, 0.717) is 5.56 Å². The van der Waals surface area contributed by atoms with Gasteiger partial charge < -0.3 is 4.74 Å². The SMILES string of the molecule is ONc1ncc(-c2ccc(OC(F)F)cc2)cn1. The number of rotatable bonds is 4. The van der Waals surface area contributed by atoms with Crippen LogP contribution in [0.15, 0.2) is 36.7 Å². The Balaban J connectivity index is 2.17. The van der Waals surface area contributed by atoms with E-state index < -0.39 is 6.61 Å². The van der Waals surface area contributed by atoms with Gasteiger partial charge in [0.1, 0.15) is 5.75 Å². The number of nitrogens with one attached hydrogen (secondary N) is 1. The second-order valence-corrected chi connectivity index (χ2v) is 3.31. The lowest BCUT2D eigenvalue weighted by atomic mass is 10.1. The topological polar surface area (TPSA) is 67.3 Å². The largest absolute Gasteiger partial charge is 0.435 e. The van der Waals surface area contributed by atoms with Gasteiger partial charge in [0, 0.05) is 18.0 Å². The molecule has 0 atom stereocenters. The fourth-order valence-corrected chi connectivity index (χ4v) is 1.36. The van der Waals surface area contributed by atoms with Gasteiger partial charge in [-0.1, -0.05) is 12.1 Å². The third-order valence-corrected chi connectivity index (χ3v) is 2.16. The average molecular weight is 253 g/mol. The first kappa shape index (κ1) is 12.2. The second-order valence-electron chi connectivity index (χ2n) is 3.31. The van der Waals surface area contributed by atoms with Crippen LogP contribution in [0.4, 0.5) is 14.7 Å². The second kappa shape index (κ2) is 5.37. The Morgan fingerprint density at radius 2 is 1.67 bits per heavy atom. The Morgan fingerprint density at radius 3 is 2.17 bits per heavy atom. The standard InChI is InChI=1S/C11H9F2N3O2/c12-10(13)18-9-3-1-7(2-4-9)8-5-14-11(16-17)15-6-8/h1-6,10,17H,(H,14,15,16). The van der Waals surface area contributed by atoms with Crippen LogP contribution in [0.25, 0.3) is 11.1 Å². The molecule has 0 aliphatic heterocycles. The minimum absolute atomic E-state index is 0.0800. The quantitative estimate of drug-likeness (QED) is 0.819. The monoisotopic (exact) mass is 253 g/mol. The molecule has 5 nitrogen and oxygen atoms in total. The molecule has 1 heterocycles. The molecule has 1 aromatic heterocycles. The Hall–Kier alpha value is -2.28. The maximum absolute atomic E-state index is 12.0. The van der Waals surface area contributed by atoms with Crippen molar-refractivity contribution in [3.05, 3.63) is 36.7 Å². The zero-order chi connectivity index (χ0) is 13.0. The summed E-state index contributed by atoms with van der Waals surface area (Å²) in [4.78, 5) is 7.64. The molecule has 0 saturated heterocycles. The van der Waals surface area contributed by atoms with E-state index in [0.717, 1.165) is 5.56 Å². The Bertz CT molecular complexity index is 503. The van der Waals surface area contributed by atoms with Gasteiger partial charge in [0.25, 0.3) is 0 Å². The van der Waals surface area contributed by atoms with Gasteiger partial charge in [-0.2, -0.15) is 8.78 Å². The molecule has 2 rings (SSSR count). The summed E-state index contributed by atoms with van der Waals surface area (Å²) in [5.41, 5.74) is 3.25. The average Bonchev–Trinajstić information content (AvgIpc) is 2.39. The molecule has 0 amide bonds. The fraction of sp³-hybridized carbons (Fsp3) is 0.0909. The molecule has 0 aliphatic carbocycles. The number of alkyl halides is 2. The summed E-state index contributed by atoms with van der Waals surface area (Å²) in [6, 6.07) is 6.09. The molecule has 0 saturated carbocycles. The number of hydrogen-bond acceptors (Lipinski definition) is 5. The van der Waals surface area contributed by atoms with Crippen molar-refractivity contribution in [3.63, 3.8) is 0 Å². The van der Waals surface area contributed by atoms with Gasteiger partial charge in [-0.15, -0.1) is 0 Å². The van der Waals surface area contributed by atoms with Crippen molar-refractivity contribution in [1.82, 2.24) is 9.97 Å². The van der Waals surface area contributed by atoms with E-state index in [4.69, 9.17) is 5.21 Å². The number of nitrogens with zero attached hydrogens (tertiary/aromatic N) is 2. The molecule has 0 unspecified atom stereocenters. The van der Waals surface area contributed by atoms with Gasteiger partial charge in [0.2, 0.25) is 5.95 Å². The van der Waals surface area contributed by atoms with Crippen LogP contribution in [0.2, 0.25) is 0 Å². The molecule has 2 N–H and O–H groups in total. The van der Waals surface area contributed by atoms with E-state index in [-0.39, 0.29) is 11.7 Å². The number of ether oxygens (including phenoxy) is 1. The smallest absolute Gasteiger partial charge is 0.387 e. The van der Waals surface area contributed by atoms with Crippen LogP contribution >= 0.6 is 0 Å². The summed E-state index contributed by atoms with van der Waals surface area (Å²) in [5.74, 6) is 0.166. The molecule has 0 fully saturated rings. The fourth-order valence-electron chi connectivity index (χ4n) is 1.36. The van der Waals surface area contributed by atoms with Gasteiger partial charge in [0.15, 0.2) is 0 Å². The highest BCUT2D eigenvalue weighted by Crippen LogP contribution is 2.22. The van der Waals surface area contributed by atoms with E-state index in [1.54, 1.807) is 12.1 Å². The molecule has 7 heteroatoms. The third kappa shape index (κ3) is 2.89. The van der Waals surface area contributed by atoms with E-state index in [9.17, 15) is 8.78 Å². The van der Waals surface area contributed by atoms with Crippen molar-refractivity contribution in [1.29, 1.82) is 0 Å². The van der Waals surface area contributed by atoms with Gasteiger partial charge in [0.05, 0.1) is 0 Å². The number of hydrogen-bond donors (Lipinski definition) is 2. The number of aromatic nitrogens is 2. The van der Waals surface area contributed by atoms with Gasteiger partial charge in [-0.3, -0.25) is 5.21 Å². The van der Waals surface area contributed by atoms with E-state index >= 15 is 0 Å². The van der Waals surface area contributed by atoms with Gasteiger partial charge in [-0.05, 0) is 17.7 Å². The summed E-state index contributed by atoms with van der Waals surface area (Å²) in [5, 5.41) is 8.56. The van der Waals surface area contributed by atoms with Crippen LogP contribution in [0, 0.1) is 0 Å². The Morgan fingerprint density at radius 1 is 1.06 bits per heavy atom. The summed E-state index contributed by atoms with van der Waals surface area (Å²) in [6.45, 7) is -2.84. The van der Waals surface area contributed by atoms with E-state index in [2.05, 4.69) is 14.7 Å². The highest BCUT2D eigenvalue weighted by atomic mass is 19.3. The molecule has 18 heavy (non-hydrogen) atoms. The highest BCUT2D eigenvalue weighted by Gasteiger charge is 2.05. The zero-order valence-corrected chi connectivity index (χ0v) is 9.05. The van der Waals surface area contributed by atoms with Gasteiger partial charge >= 0.3 is 6.61 Å². The molecule has 2 aromatic rings. The van der Waals surface area contributed by atoms with Crippen LogP contribution in [-0.4, -0.2) is 21.8 Å². The summed E-state index contributed by atoms with van der Waals surface area (Å²) < 4.78 is 28.1. The van der Waals surface area contributed by atoms with Crippen LogP contribution in [0.5, 0.6) is 5.75 Å². The molecule has 94 valence electrons. The lowest BCUT2D eigenvalue weighted by Gasteiger charge is -2.05. The molecule has 0 aliphatic rings. The number of halogens is 2. The van der Waals surface area contributed by atoms with Crippen LogP contribution < -0.4 is 10.2 Å². The first-order valence-electron chi connectivity index (χ1n) is 4.96. The number of benzene rings is 1. The molecular weight excluding hydrogens is 244 g/mol. The lowest BCUT2D eigenvalue weighted by molar-refractivity contribution is -0.0498. The van der Waals surface area contributed by atoms with Crippen molar-refractivity contribution < 1.29 is 18.7 Å². The van der Waals surface area contributed by atoms with Crippen molar-refractivity contribution in [2.75, 3.05) is 5.48 Å². The summed E-state index contributed by atoms with van der Waals surface area (Å²) in [7, 11) is 0. The van der Waals surface area contributed by atoms with Crippen LogP contribution in [0.3, 0.4) is 0 Å². The molecule has 1 aromatic carbocycles. The molecule has 0 bridgehead atoms. The van der Waals surface area contributed by atoms with E-state index in [1.165, 1.54) is 24.5 Å². The third-order valence-electron chi connectivity index (χ3n) is 2.16. The summed E-state index contributed by atoms with van der Waals surface area (Å²) in [6.07, 6.45) is 2.99. The van der Waals surface area contributed by atoms with Crippen molar-refractivity contribution in [2.24, 2.45) is 0 Å². The lowest BCUT2D eigenvalue weighted by Crippen LogP contribution is -2.01. The van der Waals surface area contributed by atoms with Crippen LogP contribution in [0.1, 0.15) is 0 Å². The minimum Gasteiger partial charge on any atom is -0.435 e. The first-order valence-corrected chi connectivity index (χ1v) is 4.96. The zero-order valence-electron chi connectivity index (χ0n) is 9.05. The van der Waals surface area contributed by atoms with Crippen LogP contribution in [-0.2, 0) is 0 Å². The number of anilines is 1. The van der Waals surface area contributed by atoms with Crippen molar-refractivity contribution in [3.8, 4) is 16.9 Å². The predicted octanol–water partition coefficient (Wildman–Crippen LogP) is 2.55. The maximum atomic E-state index is 12.0. The predicted molar refractivity (Wildman–Crippen MR) is 59.5 cm³/mol. The van der Waals surface area contributed by atoms with Gasteiger partial charge in [-0.25, -0.2) is 15.4 Å². The molecular formula is C11H9F2N3O2. The minimum atomic E-state index is -2.84. The highest BCUT2D eigenvalue weighted by molar-refractivity contribution is 5.62. The Kier molecular flexibility index (Phi) is 3.63. The van der Waals surface area contributed by atoms with E-state index in [1.807, 2.05) is 5.48 Å². The molecule has 0 spiro atoms. The van der Waals surface area contributed by atoms with Crippen molar-refractivity contribution in [2.45, 2.75) is 6.61 Å². The van der Waals surface area contributed by atoms with Crippen molar-refractivity contribution >= 4 is 5.95 Å². The molecule has 0 radical (unpaired) electrons.